The van der Waals surface area contributed by atoms with Gasteiger partial charge < -0.3 is 5.11 Å². The van der Waals surface area contributed by atoms with Crippen molar-refractivity contribution in [3.63, 3.8) is 0 Å². The Kier molecular flexibility index (Phi) is 5.59. The topological polar surface area (TPSA) is 83.5 Å². The largest absolute Gasteiger partial charge is 0.480 e. The van der Waals surface area contributed by atoms with Crippen LogP contribution in [0.5, 0.6) is 0 Å². The van der Waals surface area contributed by atoms with Gasteiger partial charge in [-0.3, -0.25) is 4.79 Å². The van der Waals surface area contributed by atoms with Gasteiger partial charge in [0.2, 0.25) is 10.0 Å². The molecule has 1 saturated carbocycles. The van der Waals surface area contributed by atoms with E-state index in [2.05, 4.69) is 4.72 Å². The van der Waals surface area contributed by atoms with E-state index in [9.17, 15) is 13.2 Å². The molecule has 2 atom stereocenters. The van der Waals surface area contributed by atoms with Crippen LogP contribution < -0.4 is 4.72 Å². The number of hydrogen-bond donors (Lipinski definition) is 2. The van der Waals surface area contributed by atoms with E-state index in [1.54, 1.807) is 0 Å². The van der Waals surface area contributed by atoms with Gasteiger partial charge in [-0.15, -0.1) is 0 Å². The first kappa shape index (κ1) is 15.4. The van der Waals surface area contributed by atoms with E-state index >= 15 is 0 Å². The Labute approximate surface area is 109 Å². The average Bonchev–Trinajstić information content (AvgIpc) is 2.36. The molecule has 0 bridgehead atoms. The van der Waals surface area contributed by atoms with E-state index in [-0.39, 0.29) is 6.04 Å². The van der Waals surface area contributed by atoms with Crippen molar-refractivity contribution in [1.29, 1.82) is 0 Å². The van der Waals surface area contributed by atoms with Gasteiger partial charge in [-0.1, -0.05) is 26.2 Å². The molecule has 2 N–H and O–H groups in total. The number of carboxylic acids is 1. The molecule has 5 nitrogen and oxygen atoms in total. The molecule has 0 radical (unpaired) electrons. The first-order valence-electron chi connectivity index (χ1n) is 6.62. The Hall–Kier alpha value is -0.620. The molecule has 18 heavy (non-hydrogen) atoms. The molecule has 2 unspecified atom stereocenters. The summed E-state index contributed by atoms with van der Waals surface area (Å²) in [6.45, 7) is 3.14. The molecular formula is C12H23NO4S. The van der Waals surface area contributed by atoms with Gasteiger partial charge in [0.05, 0.1) is 0 Å². The zero-order valence-corrected chi connectivity index (χ0v) is 11.9. The molecule has 1 rings (SSSR count). The molecule has 0 amide bonds. The second-order valence-corrected chi connectivity index (χ2v) is 7.09. The fourth-order valence-corrected chi connectivity index (χ4v) is 3.75. The average molecular weight is 277 g/mol. The van der Waals surface area contributed by atoms with Crippen LogP contribution in [0.25, 0.3) is 0 Å². The molecule has 0 spiro atoms. The van der Waals surface area contributed by atoms with Crippen molar-refractivity contribution in [3.8, 4) is 0 Å². The summed E-state index contributed by atoms with van der Waals surface area (Å²) >= 11 is 0. The van der Waals surface area contributed by atoms with Crippen molar-refractivity contribution >= 4 is 16.0 Å². The van der Waals surface area contributed by atoms with Gasteiger partial charge in [-0.2, -0.15) is 0 Å². The lowest BCUT2D eigenvalue weighted by atomic mass is 9.83. The van der Waals surface area contributed by atoms with Gasteiger partial charge >= 0.3 is 5.97 Å². The summed E-state index contributed by atoms with van der Waals surface area (Å²) in [5, 5.41) is 7.40. The number of carbonyl (C=O) groups is 1. The maximum Gasteiger partial charge on any atom is 0.323 e. The van der Waals surface area contributed by atoms with Crippen molar-refractivity contribution in [2.24, 2.45) is 5.92 Å². The highest BCUT2D eigenvalue weighted by molar-refractivity contribution is 7.90. The standard InChI is InChI=1S/C12H23NO4S/c1-3-11(10-7-5-4-6-8-10)13-18(16,17)9(2)12(14)15/h9-11,13H,3-8H2,1-2H3,(H,14,15). The van der Waals surface area contributed by atoms with Crippen LogP contribution in [0, 0.1) is 5.92 Å². The van der Waals surface area contributed by atoms with Gasteiger partial charge in [0.25, 0.3) is 0 Å². The van der Waals surface area contributed by atoms with Crippen LogP contribution in [-0.2, 0) is 14.8 Å². The monoisotopic (exact) mass is 277 g/mol. The van der Waals surface area contributed by atoms with Crippen molar-refractivity contribution in [2.75, 3.05) is 0 Å². The van der Waals surface area contributed by atoms with Crippen molar-refractivity contribution in [3.05, 3.63) is 0 Å². The minimum Gasteiger partial charge on any atom is -0.480 e. The summed E-state index contributed by atoms with van der Waals surface area (Å²) in [7, 11) is -3.77. The summed E-state index contributed by atoms with van der Waals surface area (Å²) in [5.74, 6) is -0.958. The lowest BCUT2D eigenvalue weighted by Crippen LogP contribution is -2.46. The molecule has 0 aromatic heterocycles. The number of carboxylic acid groups (broad SMARTS) is 1. The molecule has 0 aliphatic heterocycles. The van der Waals surface area contributed by atoms with E-state index in [1.165, 1.54) is 13.3 Å². The van der Waals surface area contributed by atoms with E-state index in [1.807, 2.05) is 6.92 Å². The Bertz CT molecular complexity index is 374. The quantitative estimate of drug-likeness (QED) is 0.774. The summed E-state index contributed by atoms with van der Waals surface area (Å²) in [5.41, 5.74) is 0. The predicted octanol–water partition coefficient (Wildman–Crippen LogP) is 1.74. The molecule has 0 aromatic rings. The Morgan fingerprint density at radius 3 is 2.33 bits per heavy atom. The predicted molar refractivity (Wildman–Crippen MR) is 69.8 cm³/mol. The number of rotatable bonds is 6. The third-order valence-corrected chi connectivity index (χ3v) is 5.55. The molecule has 1 aliphatic carbocycles. The van der Waals surface area contributed by atoms with E-state index in [4.69, 9.17) is 5.11 Å². The minimum absolute atomic E-state index is 0.128. The van der Waals surface area contributed by atoms with Crippen LogP contribution >= 0.6 is 0 Å². The molecule has 1 aliphatic rings. The van der Waals surface area contributed by atoms with Gasteiger partial charge in [-0.25, -0.2) is 13.1 Å². The second-order valence-electron chi connectivity index (χ2n) is 5.06. The summed E-state index contributed by atoms with van der Waals surface area (Å²) in [6, 6.07) is -0.128. The first-order chi connectivity index (χ1) is 8.38. The van der Waals surface area contributed by atoms with Crippen LogP contribution in [0.2, 0.25) is 0 Å². The summed E-state index contributed by atoms with van der Waals surface area (Å²) in [4.78, 5) is 10.8. The van der Waals surface area contributed by atoms with Gasteiger partial charge in [0.15, 0.2) is 5.25 Å². The molecule has 0 saturated heterocycles. The lowest BCUT2D eigenvalue weighted by Gasteiger charge is -2.30. The SMILES string of the molecule is CCC(NS(=O)(=O)C(C)C(=O)O)C1CCCCC1. The highest BCUT2D eigenvalue weighted by Crippen LogP contribution is 2.28. The zero-order valence-electron chi connectivity index (χ0n) is 11.1. The van der Waals surface area contributed by atoms with Crippen LogP contribution in [0.15, 0.2) is 0 Å². The van der Waals surface area contributed by atoms with Crippen molar-refractivity contribution < 1.29 is 18.3 Å². The summed E-state index contributed by atoms with van der Waals surface area (Å²) in [6.07, 6.45) is 6.25. The molecule has 106 valence electrons. The van der Waals surface area contributed by atoms with Crippen molar-refractivity contribution in [2.45, 2.75) is 63.7 Å². The molecule has 0 aromatic carbocycles. The minimum atomic E-state index is -3.77. The Morgan fingerprint density at radius 2 is 1.89 bits per heavy atom. The third-order valence-electron chi connectivity index (χ3n) is 3.79. The fraction of sp³-hybridized carbons (Fsp3) is 0.917. The second kappa shape index (κ2) is 6.52. The lowest BCUT2D eigenvalue weighted by molar-refractivity contribution is -0.136. The maximum atomic E-state index is 11.9. The number of nitrogens with one attached hydrogen (secondary N) is 1. The highest BCUT2D eigenvalue weighted by atomic mass is 32.2. The Balaban J connectivity index is 2.70. The van der Waals surface area contributed by atoms with Crippen LogP contribution in [0.3, 0.4) is 0 Å². The van der Waals surface area contributed by atoms with Crippen LogP contribution in [-0.4, -0.2) is 30.8 Å². The first-order valence-corrected chi connectivity index (χ1v) is 8.17. The van der Waals surface area contributed by atoms with Crippen LogP contribution in [0.4, 0.5) is 0 Å². The van der Waals surface area contributed by atoms with Gasteiger partial charge in [-0.05, 0) is 32.1 Å². The molecule has 1 fully saturated rings. The van der Waals surface area contributed by atoms with Gasteiger partial charge in [0, 0.05) is 6.04 Å². The smallest absolute Gasteiger partial charge is 0.323 e. The van der Waals surface area contributed by atoms with Crippen molar-refractivity contribution in [1.82, 2.24) is 4.72 Å². The third kappa shape index (κ3) is 3.95. The Morgan fingerprint density at radius 1 is 1.33 bits per heavy atom. The number of hydrogen-bond acceptors (Lipinski definition) is 3. The van der Waals surface area contributed by atoms with E-state index < -0.39 is 21.2 Å². The van der Waals surface area contributed by atoms with E-state index in [0.717, 1.165) is 25.7 Å². The highest BCUT2D eigenvalue weighted by Gasteiger charge is 2.32. The number of sulfonamides is 1. The molecule has 0 heterocycles. The normalized spacial score (nSPS) is 21.4. The molecular weight excluding hydrogens is 254 g/mol. The maximum absolute atomic E-state index is 11.9. The number of aliphatic carboxylic acids is 1. The fourth-order valence-electron chi connectivity index (χ4n) is 2.50. The van der Waals surface area contributed by atoms with Crippen LogP contribution in [0.1, 0.15) is 52.4 Å². The van der Waals surface area contributed by atoms with E-state index in [0.29, 0.717) is 12.3 Å². The summed E-state index contributed by atoms with van der Waals surface area (Å²) < 4.78 is 26.4. The molecule has 6 heteroatoms. The zero-order chi connectivity index (χ0) is 13.8. The van der Waals surface area contributed by atoms with Gasteiger partial charge in [0.1, 0.15) is 0 Å².